The molecule has 2 nitrogen and oxygen atoms in total. The van der Waals surface area contributed by atoms with E-state index in [2.05, 4.69) is 5.32 Å². The number of nitrogens with one attached hydrogen (secondary N) is 1. The van der Waals surface area contributed by atoms with Crippen LogP contribution in [0.1, 0.15) is 24.5 Å². The third kappa shape index (κ3) is 3.87. The van der Waals surface area contributed by atoms with Crippen molar-refractivity contribution in [2.24, 2.45) is 0 Å². The summed E-state index contributed by atoms with van der Waals surface area (Å²) in [4.78, 5) is 0. The van der Waals surface area contributed by atoms with Crippen LogP contribution in [0.2, 0.25) is 0 Å². The molecule has 0 aliphatic heterocycles. The van der Waals surface area contributed by atoms with Crippen LogP contribution < -0.4 is 5.32 Å². The first-order valence-electron chi connectivity index (χ1n) is 6.84. The summed E-state index contributed by atoms with van der Waals surface area (Å²) in [6, 6.07) is 10.7. The molecule has 0 fully saturated rings. The van der Waals surface area contributed by atoms with Gasteiger partial charge in [-0.3, -0.25) is 0 Å². The lowest BCUT2D eigenvalue weighted by Gasteiger charge is -2.09. The molecule has 4 heteroatoms. The molecule has 0 saturated heterocycles. The highest BCUT2D eigenvalue weighted by Crippen LogP contribution is 2.24. The van der Waals surface area contributed by atoms with Gasteiger partial charge in [-0.1, -0.05) is 13.0 Å². The molecule has 0 atom stereocenters. The van der Waals surface area contributed by atoms with E-state index < -0.39 is 5.82 Å². The Hall–Kier alpha value is -2.25. The van der Waals surface area contributed by atoms with E-state index >= 15 is 0 Å². The molecule has 2 aromatic carbocycles. The topological polar surface area (TPSA) is 35.8 Å². The number of hydrogen-bond acceptors (Lipinski definition) is 2. The summed E-state index contributed by atoms with van der Waals surface area (Å²) in [5.41, 5.74) is 2.05. The van der Waals surface area contributed by atoms with E-state index in [1.807, 2.05) is 13.0 Å². The van der Waals surface area contributed by atoms with Gasteiger partial charge >= 0.3 is 0 Å². The third-order valence-corrected chi connectivity index (χ3v) is 3.15. The van der Waals surface area contributed by atoms with Crippen molar-refractivity contribution >= 4 is 0 Å². The van der Waals surface area contributed by atoms with Gasteiger partial charge in [0.05, 0.1) is 11.6 Å². The van der Waals surface area contributed by atoms with Crippen LogP contribution in [0, 0.1) is 23.0 Å². The lowest BCUT2D eigenvalue weighted by molar-refractivity contribution is 0.587. The standard InChI is InChI=1S/C17H16F2N2/c1-2-5-21-11-15-8-13(3-4-17(15)19)14-6-12(10-20)7-16(18)9-14/h3-4,6-9,21H,2,5,11H2,1H3. The molecule has 21 heavy (non-hydrogen) atoms. The van der Waals surface area contributed by atoms with Gasteiger partial charge in [0.15, 0.2) is 0 Å². The van der Waals surface area contributed by atoms with E-state index in [-0.39, 0.29) is 11.4 Å². The fraction of sp³-hybridized carbons (Fsp3) is 0.235. The Balaban J connectivity index is 2.34. The van der Waals surface area contributed by atoms with Gasteiger partial charge in [-0.05, 0) is 54.4 Å². The molecule has 0 aliphatic rings. The maximum absolute atomic E-state index is 13.8. The third-order valence-electron chi connectivity index (χ3n) is 3.15. The largest absolute Gasteiger partial charge is 0.313 e. The summed E-state index contributed by atoms with van der Waals surface area (Å²) in [6.07, 6.45) is 0.969. The van der Waals surface area contributed by atoms with E-state index in [4.69, 9.17) is 5.26 Å². The molecule has 0 bridgehead atoms. The van der Waals surface area contributed by atoms with E-state index in [0.717, 1.165) is 13.0 Å². The minimum Gasteiger partial charge on any atom is -0.313 e. The van der Waals surface area contributed by atoms with Crippen LogP contribution in [-0.4, -0.2) is 6.54 Å². The van der Waals surface area contributed by atoms with Crippen LogP contribution in [0.25, 0.3) is 11.1 Å². The fourth-order valence-corrected chi connectivity index (χ4v) is 2.11. The van der Waals surface area contributed by atoms with E-state index in [1.54, 1.807) is 18.2 Å². The van der Waals surface area contributed by atoms with Crippen molar-refractivity contribution in [3.63, 3.8) is 0 Å². The number of rotatable bonds is 5. The summed E-state index contributed by atoms with van der Waals surface area (Å²) < 4.78 is 27.3. The molecule has 0 amide bonds. The van der Waals surface area contributed by atoms with E-state index in [0.29, 0.717) is 23.2 Å². The quantitative estimate of drug-likeness (QED) is 0.843. The molecule has 0 spiro atoms. The monoisotopic (exact) mass is 286 g/mol. The number of nitrogens with zero attached hydrogens (tertiary/aromatic N) is 1. The first-order valence-corrected chi connectivity index (χ1v) is 6.84. The van der Waals surface area contributed by atoms with Crippen molar-refractivity contribution in [1.82, 2.24) is 5.32 Å². The summed E-state index contributed by atoms with van der Waals surface area (Å²) in [5, 5.41) is 12.0. The summed E-state index contributed by atoms with van der Waals surface area (Å²) >= 11 is 0. The molecule has 0 aliphatic carbocycles. The van der Waals surface area contributed by atoms with Crippen LogP contribution in [0.15, 0.2) is 36.4 Å². The summed E-state index contributed by atoms with van der Waals surface area (Å²) in [5.74, 6) is -0.765. The maximum Gasteiger partial charge on any atom is 0.127 e. The Bertz CT molecular complexity index is 675. The van der Waals surface area contributed by atoms with Gasteiger partial charge in [0.1, 0.15) is 11.6 Å². The highest BCUT2D eigenvalue weighted by molar-refractivity contribution is 5.66. The number of hydrogen-bond donors (Lipinski definition) is 1. The molecule has 2 aromatic rings. The van der Waals surface area contributed by atoms with Gasteiger partial charge in [0.25, 0.3) is 0 Å². The molecule has 108 valence electrons. The Kier molecular flexibility index (Phi) is 5.02. The SMILES string of the molecule is CCCNCc1cc(-c2cc(F)cc(C#N)c2)ccc1F. The summed E-state index contributed by atoms with van der Waals surface area (Å²) in [7, 11) is 0. The molecule has 0 radical (unpaired) electrons. The predicted molar refractivity (Wildman–Crippen MR) is 78.5 cm³/mol. The second-order valence-corrected chi connectivity index (χ2v) is 4.82. The Morgan fingerprint density at radius 3 is 2.62 bits per heavy atom. The second kappa shape index (κ2) is 6.96. The Labute approximate surface area is 123 Å². The number of nitriles is 1. The molecule has 0 aromatic heterocycles. The number of benzene rings is 2. The highest BCUT2D eigenvalue weighted by Gasteiger charge is 2.07. The van der Waals surface area contributed by atoms with Gasteiger partial charge in [-0.2, -0.15) is 5.26 Å². The highest BCUT2D eigenvalue weighted by atomic mass is 19.1. The zero-order valence-corrected chi connectivity index (χ0v) is 11.8. The van der Waals surface area contributed by atoms with E-state index in [9.17, 15) is 8.78 Å². The first-order chi connectivity index (χ1) is 10.1. The van der Waals surface area contributed by atoms with Crippen molar-refractivity contribution in [3.05, 3.63) is 59.2 Å². The maximum atomic E-state index is 13.8. The first kappa shape index (κ1) is 15.1. The fourth-order valence-electron chi connectivity index (χ4n) is 2.11. The van der Waals surface area contributed by atoms with Gasteiger partial charge in [0.2, 0.25) is 0 Å². The van der Waals surface area contributed by atoms with Crippen LogP contribution in [0.4, 0.5) is 8.78 Å². The van der Waals surface area contributed by atoms with Crippen molar-refractivity contribution in [3.8, 4) is 17.2 Å². The minimum atomic E-state index is -0.473. The van der Waals surface area contributed by atoms with E-state index in [1.165, 1.54) is 18.2 Å². The van der Waals surface area contributed by atoms with Crippen LogP contribution in [0.3, 0.4) is 0 Å². The average molecular weight is 286 g/mol. The zero-order chi connectivity index (χ0) is 15.2. The van der Waals surface area contributed by atoms with Gasteiger partial charge in [-0.25, -0.2) is 8.78 Å². The van der Waals surface area contributed by atoms with Crippen molar-refractivity contribution in [2.75, 3.05) is 6.54 Å². The molecular formula is C17H16F2N2. The smallest absolute Gasteiger partial charge is 0.127 e. The molecule has 0 saturated carbocycles. The van der Waals surface area contributed by atoms with Crippen LogP contribution in [-0.2, 0) is 6.54 Å². The lowest BCUT2D eigenvalue weighted by atomic mass is 10.0. The molecule has 0 unspecified atom stereocenters. The second-order valence-electron chi connectivity index (χ2n) is 4.82. The molecule has 1 N–H and O–H groups in total. The molecule has 0 heterocycles. The Morgan fingerprint density at radius 2 is 1.90 bits per heavy atom. The lowest BCUT2D eigenvalue weighted by Crippen LogP contribution is -2.14. The van der Waals surface area contributed by atoms with Crippen LogP contribution >= 0.6 is 0 Å². The predicted octanol–water partition coefficient (Wildman–Crippen LogP) is 4.00. The van der Waals surface area contributed by atoms with Crippen LogP contribution in [0.5, 0.6) is 0 Å². The minimum absolute atomic E-state index is 0.250. The van der Waals surface area contributed by atoms with Gasteiger partial charge in [-0.15, -0.1) is 0 Å². The molecule has 2 rings (SSSR count). The zero-order valence-electron chi connectivity index (χ0n) is 11.8. The summed E-state index contributed by atoms with van der Waals surface area (Å²) in [6.45, 7) is 3.27. The molecular weight excluding hydrogens is 270 g/mol. The normalized spacial score (nSPS) is 10.4. The Morgan fingerprint density at radius 1 is 1.10 bits per heavy atom. The van der Waals surface area contributed by atoms with Gasteiger partial charge in [0, 0.05) is 12.1 Å². The van der Waals surface area contributed by atoms with Crippen molar-refractivity contribution < 1.29 is 8.78 Å². The van der Waals surface area contributed by atoms with Gasteiger partial charge < -0.3 is 5.32 Å². The average Bonchev–Trinajstić information content (AvgIpc) is 2.48. The van der Waals surface area contributed by atoms with Crippen molar-refractivity contribution in [1.29, 1.82) is 5.26 Å². The number of halogens is 2. The van der Waals surface area contributed by atoms with Crippen molar-refractivity contribution in [2.45, 2.75) is 19.9 Å².